The van der Waals surface area contributed by atoms with Crippen molar-refractivity contribution in [2.75, 3.05) is 59.0 Å². The summed E-state index contributed by atoms with van der Waals surface area (Å²) < 4.78 is 10.4. The van der Waals surface area contributed by atoms with Gasteiger partial charge in [0.15, 0.2) is 0 Å². The Hall–Kier alpha value is -4.20. The molecule has 3 heterocycles. The Kier molecular flexibility index (Phi) is 12.1. The van der Waals surface area contributed by atoms with Gasteiger partial charge in [-0.2, -0.15) is 0 Å². The molecule has 45 heavy (non-hydrogen) atoms. The van der Waals surface area contributed by atoms with Crippen LogP contribution < -0.4 is 0 Å². The molecule has 0 saturated heterocycles. The number of rotatable bonds is 12. The fraction of sp³-hybridized carbons (Fsp3) is 0.500. The van der Waals surface area contributed by atoms with Gasteiger partial charge in [0, 0.05) is 45.8 Å². The van der Waals surface area contributed by atoms with E-state index < -0.39 is 12.0 Å². The van der Waals surface area contributed by atoms with Gasteiger partial charge in [-0.25, -0.2) is 0 Å². The van der Waals surface area contributed by atoms with Crippen LogP contribution in [0.2, 0.25) is 0 Å². The van der Waals surface area contributed by atoms with Gasteiger partial charge in [-0.1, -0.05) is 18.2 Å². The van der Waals surface area contributed by atoms with Gasteiger partial charge in [0.1, 0.15) is 6.04 Å². The first-order chi connectivity index (χ1) is 21.7. The number of hydrogen-bond donors (Lipinski definition) is 1. The van der Waals surface area contributed by atoms with Gasteiger partial charge in [0.05, 0.1) is 48.8 Å². The van der Waals surface area contributed by atoms with E-state index in [1.807, 2.05) is 32.9 Å². The molecule has 0 spiro atoms. The molecule has 242 valence electrons. The summed E-state index contributed by atoms with van der Waals surface area (Å²) in [5.74, 6) is -2.57. The van der Waals surface area contributed by atoms with E-state index in [1.54, 1.807) is 38.1 Å². The van der Waals surface area contributed by atoms with Crippen LogP contribution in [0.15, 0.2) is 42.5 Å². The zero-order valence-electron chi connectivity index (χ0n) is 25.9. The molecule has 2 amide bonds. The van der Waals surface area contributed by atoms with E-state index >= 15 is 0 Å². The Morgan fingerprint density at radius 1 is 0.800 bits per heavy atom. The minimum atomic E-state index is -1.04. The SMILES string of the molecule is CCOC(=O)CN1CCN(C(CCCN2C(=O)c3ccccc3C2=O)C(=O)O)CCN(CC(=O)OCC)Cc2cccc(n2)C1. The molecular formula is C32H41N5O8. The number of hydrogen-bond acceptors (Lipinski definition) is 11. The lowest BCUT2D eigenvalue weighted by Gasteiger charge is -2.34. The molecule has 2 aromatic rings. The van der Waals surface area contributed by atoms with Gasteiger partial charge < -0.3 is 14.6 Å². The minimum Gasteiger partial charge on any atom is -0.480 e. The van der Waals surface area contributed by atoms with Gasteiger partial charge in [0.2, 0.25) is 0 Å². The lowest BCUT2D eigenvalue weighted by Crippen LogP contribution is -2.49. The molecule has 2 bridgehead atoms. The molecule has 1 aromatic heterocycles. The van der Waals surface area contributed by atoms with Gasteiger partial charge in [-0.05, 0) is 51.0 Å². The van der Waals surface area contributed by atoms with Crippen LogP contribution in [0.1, 0.15) is 58.8 Å². The smallest absolute Gasteiger partial charge is 0.320 e. The first kappa shape index (κ1) is 33.7. The second-order valence-electron chi connectivity index (χ2n) is 11.0. The Morgan fingerprint density at radius 3 is 1.78 bits per heavy atom. The molecule has 0 fully saturated rings. The van der Waals surface area contributed by atoms with Crippen LogP contribution in [-0.4, -0.2) is 124 Å². The number of fused-ring (bicyclic) bond motifs is 3. The van der Waals surface area contributed by atoms with Crippen molar-refractivity contribution in [3.63, 3.8) is 0 Å². The maximum atomic E-state index is 12.8. The van der Waals surface area contributed by atoms with Crippen molar-refractivity contribution in [2.45, 2.75) is 45.8 Å². The predicted molar refractivity (Wildman–Crippen MR) is 162 cm³/mol. The normalized spacial score (nSPS) is 17.2. The maximum Gasteiger partial charge on any atom is 0.320 e. The monoisotopic (exact) mass is 623 g/mol. The van der Waals surface area contributed by atoms with Crippen molar-refractivity contribution in [1.29, 1.82) is 0 Å². The average Bonchev–Trinajstić information content (AvgIpc) is 3.24. The van der Waals surface area contributed by atoms with Crippen molar-refractivity contribution < 1.29 is 38.6 Å². The zero-order valence-corrected chi connectivity index (χ0v) is 25.9. The first-order valence-corrected chi connectivity index (χ1v) is 15.3. The number of benzene rings is 1. The molecule has 2 aliphatic rings. The van der Waals surface area contributed by atoms with Crippen LogP contribution in [0.25, 0.3) is 0 Å². The van der Waals surface area contributed by atoms with Crippen molar-refractivity contribution >= 4 is 29.7 Å². The molecule has 0 radical (unpaired) electrons. The number of carboxylic acids is 1. The second-order valence-corrected chi connectivity index (χ2v) is 11.0. The number of aliphatic carboxylic acids is 1. The third kappa shape index (κ3) is 9.16. The third-order valence-electron chi connectivity index (χ3n) is 7.82. The largest absolute Gasteiger partial charge is 0.480 e. The number of nitrogens with zero attached hydrogens (tertiary/aromatic N) is 5. The molecule has 0 aliphatic carbocycles. The number of amides is 2. The summed E-state index contributed by atoms with van der Waals surface area (Å²) in [6.45, 7) is 6.08. The summed E-state index contributed by atoms with van der Waals surface area (Å²) in [6, 6.07) is 11.3. The fourth-order valence-electron chi connectivity index (χ4n) is 5.68. The second kappa shape index (κ2) is 16.2. The standard InChI is InChI=1S/C32H41N5O8/c1-3-44-28(38)21-34-15-17-36(18-16-35(22-29(39)45-4-2)20-24-10-7-9-23(19-34)33-24)27(32(42)43)13-8-14-37-30(40)25-11-5-6-12-26(25)31(37)41/h5-7,9-12,27H,3-4,8,13-22H2,1-2H3,(H,42,43). The fourth-order valence-corrected chi connectivity index (χ4v) is 5.68. The van der Waals surface area contributed by atoms with Gasteiger partial charge in [0.25, 0.3) is 11.8 Å². The van der Waals surface area contributed by atoms with Gasteiger partial charge in [-0.3, -0.25) is 48.6 Å². The highest BCUT2D eigenvalue weighted by Gasteiger charge is 2.35. The summed E-state index contributed by atoms with van der Waals surface area (Å²) in [7, 11) is 0. The molecule has 13 heteroatoms. The van der Waals surface area contributed by atoms with E-state index in [-0.39, 0.29) is 69.4 Å². The van der Waals surface area contributed by atoms with E-state index in [2.05, 4.69) is 0 Å². The van der Waals surface area contributed by atoms with E-state index in [0.29, 0.717) is 50.4 Å². The van der Waals surface area contributed by atoms with E-state index in [9.17, 15) is 29.1 Å². The molecule has 1 aromatic carbocycles. The molecule has 1 unspecified atom stereocenters. The van der Waals surface area contributed by atoms with Crippen molar-refractivity contribution in [3.8, 4) is 0 Å². The highest BCUT2D eigenvalue weighted by atomic mass is 16.5. The lowest BCUT2D eigenvalue weighted by molar-refractivity contribution is -0.146. The van der Waals surface area contributed by atoms with Gasteiger partial charge >= 0.3 is 17.9 Å². The van der Waals surface area contributed by atoms with E-state index in [0.717, 1.165) is 11.4 Å². The summed E-state index contributed by atoms with van der Waals surface area (Å²) in [5, 5.41) is 10.3. The molecule has 1 atom stereocenters. The third-order valence-corrected chi connectivity index (χ3v) is 7.82. The lowest BCUT2D eigenvalue weighted by atomic mass is 10.1. The molecule has 0 saturated carbocycles. The number of esters is 2. The number of ether oxygens (including phenoxy) is 2. The predicted octanol–water partition coefficient (Wildman–Crippen LogP) is 1.66. The molecular weight excluding hydrogens is 582 g/mol. The van der Waals surface area contributed by atoms with Crippen LogP contribution >= 0.6 is 0 Å². The van der Waals surface area contributed by atoms with Crippen LogP contribution in [0.5, 0.6) is 0 Å². The Morgan fingerprint density at radius 2 is 1.31 bits per heavy atom. The Labute approximate surface area is 262 Å². The molecule has 4 rings (SSSR count). The summed E-state index contributed by atoms with van der Waals surface area (Å²) in [5.41, 5.74) is 2.16. The number of aromatic nitrogens is 1. The Balaban J connectivity index is 1.52. The van der Waals surface area contributed by atoms with Crippen LogP contribution in [0.4, 0.5) is 0 Å². The summed E-state index contributed by atoms with van der Waals surface area (Å²) in [6.07, 6.45) is 0.464. The molecule has 2 aliphatic heterocycles. The topological polar surface area (TPSA) is 150 Å². The van der Waals surface area contributed by atoms with Crippen LogP contribution in [0, 0.1) is 0 Å². The Bertz CT molecular complexity index is 1300. The number of carboxylic acid groups (broad SMARTS) is 1. The highest BCUT2D eigenvalue weighted by Crippen LogP contribution is 2.23. The van der Waals surface area contributed by atoms with Crippen LogP contribution in [-0.2, 0) is 36.9 Å². The number of pyridine rings is 1. The molecule has 13 nitrogen and oxygen atoms in total. The first-order valence-electron chi connectivity index (χ1n) is 15.3. The maximum absolute atomic E-state index is 12.8. The zero-order chi connectivity index (χ0) is 32.3. The van der Waals surface area contributed by atoms with Crippen molar-refractivity contribution in [1.82, 2.24) is 24.6 Å². The highest BCUT2D eigenvalue weighted by molar-refractivity contribution is 6.21. The van der Waals surface area contributed by atoms with Crippen molar-refractivity contribution in [3.05, 3.63) is 65.0 Å². The van der Waals surface area contributed by atoms with E-state index in [1.165, 1.54) is 4.90 Å². The van der Waals surface area contributed by atoms with Crippen molar-refractivity contribution in [2.24, 2.45) is 0 Å². The van der Waals surface area contributed by atoms with Gasteiger partial charge in [-0.15, -0.1) is 0 Å². The summed E-state index contributed by atoms with van der Waals surface area (Å²) >= 11 is 0. The van der Waals surface area contributed by atoms with E-state index in [4.69, 9.17) is 14.5 Å². The molecule has 1 N–H and O–H groups in total. The quantitative estimate of drug-likeness (QED) is 0.271. The number of imide groups is 1. The average molecular weight is 624 g/mol. The minimum absolute atomic E-state index is 0.0139. The summed E-state index contributed by atoms with van der Waals surface area (Å²) in [4.78, 5) is 74.7. The number of carbonyl (C=O) groups is 5. The number of carbonyl (C=O) groups excluding carboxylic acids is 4. The van der Waals surface area contributed by atoms with Crippen LogP contribution in [0.3, 0.4) is 0 Å².